The lowest BCUT2D eigenvalue weighted by atomic mass is 10.0. The summed E-state index contributed by atoms with van der Waals surface area (Å²) >= 11 is 0. The smallest absolute Gasteiger partial charge is 0.0743 e. The van der Waals surface area contributed by atoms with E-state index in [1.165, 1.54) is 64.2 Å². The summed E-state index contributed by atoms with van der Waals surface area (Å²) < 4.78 is 0. The highest BCUT2D eigenvalue weighted by Gasteiger charge is 2.14. The van der Waals surface area contributed by atoms with Gasteiger partial charge in [-0.25, -0.2) is 0 Å². The lowest BCUT2D eigenvalue weighted by molar-refractivity contribution is -0.307. The largest absolute Gasteiger partial charge is 0.550 e. The van der Waals surface area contributed by atoms with Gasteiger partial charge in [-0.3, -0.25) is 0 Å². The van der Waals surface area contributed by atoms with Crippen molar-refractivity contribution in [2.24, 2.45) is 5.73 Å². The molecule has 0 fully saturated rings. The molecule has 0 radical (unpaired) electrons. The summed E-state index contributed by atoms with van der Waals surface area (Å²) in [5, 5.41) is 19.9. The van der Waals surface area contributed by atoms with Gasteiger partial charge in [-0.05, 0) is 6.42 Å². The Kier molecular flexibility index (Phi) is 19.5. The standard InChI is InChI=1S/C18H37NO3.ClH/c1-2-3-4-5-6-7-8-9-10-11-12-13-14-16(19)17(20)15-18(21)22;/h16-17,20H,2-15,19H2,1H3,(H,21,22);1H/p-1. The Hall–Kier alpha value is -0.320. The topological polar surface area (TPSA) is 86.4 Å². The highest BCUT2D eigenvalue weighted by Crippen LogP contribution is 2.13. The van der Waals surface area contributed by atoms with E-state index in [2.05, 4.69) is 6.92 Å². The number of carboxylic acid groups (broad SMARTS) is 1. The predicted octanol–water partition coefficient (Wildman–Crippen LogP) is 3.33. The van der Waals surface area contributed by atoms with Crippen molar-refractivity contribution in [3.63, 3.8) is 0 Å². The molecule has 0 aliphatic rings. The first-order valence-electron chi connectivity index (χ1n) is 9.21. The molecule has 2 atom stereocenters. The molecule has 0 spiro atoms. The lowest BCUT2D eigenvalue weighted by Crippen LogP contribution is -2.39. The highest BCUT2D eigenvalue weighted by atomic mass is 35.5. The lowest BCUT2D eigenvalue weighted by Gasteiger charge is -2.18. The van der Waals surface area contributed by atoms with Crippen molar-refractivity contribution in [1.29, 1.82) is 0 Å². The summed E-state index contributed by atoms with van der Waals surface area (Å²) in [7, 11) is 0. The number of aliphatic hydroxyl groups is 1. The minimum Gasteiger partial charge on any atom is -0.550 e. The number of carbonyl (C=O) groups excluding carboxylic acids is 1. The van der Waals surface area contributed by atoms with Crippen LogP contribution in [0.1, 0.15) is 96.8 Å². The Balaban J connectivity index is 0. The van der Waals surface area contributed by atoms with Crippen LogP contribution >= 0.6 is 12.4 Å². The van der Waals surface area contributed by atoms with Crippen LogP contribution < -0.4 is 10.8 Å². The van der Waals surface area contributed by atoms with E-state index in [0.717, 1.165) is 12.8 Å². The number of unbranched alkanes of at least 4 members (excludes halogenated alkanes) is 11. The van der Waals surface area contributed by atoms with Crippen molar-refractivity contribution in [1.82, 2.24) is 0 Å². The molecule has 0 saturated heterocycles. The van der Waals surface area contributed by atoms with Crippen LogP contribution in [0.4, 0.5) is 0 Å². The molecule has 0 aromatic heterocycles. The van der Waals surface area contributed by atoms with Crippen LogP contribution in [0.3, 0.4) is 0 Å². The van der Waals surface area contributed by atoms with Gasteiger partial charge >= 0.3 is 0 Å². The normalized spacial score (nSPS) is 13.3. The summed E-state index contributed by atoms with van der Waals surface area (Å²) in [6.45, 7) is 2.25. The third-order valence-electron chi connectivity index (χ3n) is 4.26. The van der Waals surface area contributed by atoms with Gasteiger partial charge in [0.2, 0.25) is 0 Å². The van der Waals surface area contributed by atoms with Crippen LogP contribution in [0.25, 0.3) is 0 Å². The quantitative estimate of drug-likeness (QED) is 0.418. The second-order valence-corrected chi connectivity index (χ2v) is 6.49. The fraction of sp³-hybridized carbons (Fsp3) is 0.944. The van der Waals surface area contributed by atoms with Crippen LogP contribution in [-0.2, 0) is 4.79 Å². The molecule has 0 aliphatic carbocycles. The highest BCUT2D eigenvalue weighted by molar-refractivity contribution is 5.85. The molecule has 5 heteroatoms. The van der Waals surface area contributed by atoms with Gasteiger partial charge in [-0.2, -0.15) is 0 Å². The van der Waals surface area contributed by atoms with Gasteiger partial charge in [0.15, 0.2) is 0 Å². The number of halogens is 1. The number of hydrogen-bond acceptors (Lipinski definition) is 4. The molecular formula is C18H37ClNO3-. The third kappa shape index (κ3) is 17.9. The molecule has 2 unspecified atom stereocenters. The van der Waals surface area contributed by atoms with Gasteiger partial charge in [0.05, 0.1) is 6.10 Å². The molecule has 0 aliphatic heterocycles. The zero-order valence-corrected chi connectivity index (χ0v) is 15.6. The Morgan fingerprint density at radius 2 is 1.30 bits per heavy atom. The summed E-state index contributed by atoms with van der Waals surface area (Å²) in [5.74, 6) is -1.24. The molecular weight excluding hydrogens is 314 g/mol. The Bertz CT molecular complexity index is 265. The van der Waals surface area contributed by atoms with Crippen LogP contribution in [0.15, 0.2) is 0 Å². The zero-order chi connectivity index (χ0) is 16.6. The van der Waals surface area contributed by atoms with Crippen molar-refractivity contribution in [2.75, 3.05) is 0 Å². The SMILES string of the molecule is CCCCCCCCCCCCCCC(N)C(O)CC(=O)[O-].Cl. The molecule has 0 aromatic carbocycles. The fourth-order valence-electron chi connectivity index (χ4n) is 2.74. The van der Waals surface area contributed by atoms with Gasteiger partial charge in [0, 0.05) is 18.4 Å². The van der Waals surface area contributed by atoms with E-state index >= 15 is 0 Å². The van der Waals surface area contributed by atoms with E-state index in [1.807, 2.05) is 0 Å². The first kappa shape index (κ1) is 24.9. The van der Waals surface area contributed by atoms with E-state index in [1.54, 1.807) is 0 Å². The zero-order valence-electron chi connectivity index (χ0n) is 14.8. The average Bonchev–Trinajstić information content (AvgIpc) is 2.47. The van der Waals surface area contributed by atoms with Crippen LogP contribution in [0.5, 0.6) is 0 Å². The van der Waals surface area contributed by atoms with E-state index in [0.29, 0.717) is 6.42 Å². The molecule has 0 rings (SSSR count). The molecule has 0 aromatic rings. The fourth-order valence-corrected chi connectivity index (χ4v) is 2.74. The Morgan fingerprint density at radius 1 is 0.913 bits per heavy atom. The van der Waals surface area contributed by atoms with Gasteiger partial charge in [-0.1, -0.05) is 84.0 Å². The van der Waals surface area contributed by atoms with Crippen LogP contribution in [-0.4, -0.2) is 23.2 Å². The maximum absolute atomic E-state index is 10.4. The Labute approximate surface area is 148 Å². The maximum Gasteiger partial charge on any atom is 0.0743 e. The predicted molar refractivity (Wildman–Crippen MR) is 96.5 cm³/mol. The van der Waals surface area contributed by atoms with E-state index in [4.69, 9.17) is 5.73 Å². The number of carbonyl (C=O) groups is 1. The summed E-state index contributed by atoms with van der Waals surface area (Å²) in [6, 6.07) is -0.443. The van der Waals surface area contributed by atoms with Gasteiger partial charge < -0.3 is 20.7 Å². The maximum atomic E-state index is 10.4. The van der Waals surface area contributed by atoms with Crippen molar-refractivity contribution < 1.29 is 15.0 Å². The van der Waals surface area contributed by atoms with E-state index in [9.17, 15) is 15.0 Å². The molecule has 0 heterocycles. The minimum absolute atomic E-state index is 0. The Morgan fingerprint density at radius 3 is 1.70 bits per heavy atom. The van der Waals surface area contributed by atoms with E-state index in [-0.39, 0.29) is 18.8 Å². The van der Waals surface area contributed by atoms with Crippen molar-refractivity contribution in [3.05, 3.63) is 0 Å². The molecule has 3 N–H and O–H groups in total. The summed E-state index contributed by atoms with van der Waals surface area (Å²) in [6.07, 6.45) is 14.8. The van der Waals surface area contributed by atoms with E-state index < -0.39 is 18.1 Å². The number of aliphatic hydroxyl groups excluding tert-OH is 1. The average molecular weight is 351 g/mol. The number of aliphatic carboxylic acids is 1. The minimum atomic E-state index is -1.24. The monoisotopic (exact) mass is 350 g/mol. The first-order chi connectivity index (χ1) is 10.6. The second kappa shape index (κ2) is 18.0. The molecule has 0 saturated carbocycles. The van der Waals surface area contributed by atoms with Gasteiger partial charge in [0.1, 0.15) is 0 Å². The molecule has 0 bridgehead atoms. The first-order valence-corrected chi connectivity index (χ1v) is 9.21. The number of hydrogen-bond donors (Lipinski definition) is 2. The molecule has 4 nitrogen and oxygen atoms in total. The summed E-state index contributed by atoms with van der Waals surface area (Å²) in [5.41, 5.74) is 5.75. The van der Waals surface area contributed by atoms with Gasteiger partial charge in [-0.15, -0.1) is 12.4 Å². The van der Waals surface area contributed by atoms with Crippen molar-refractivity contribution in [2.45, 2.75) is 109 Å². The number of rotatable bonds is 16. The number of carboxylic acids is 1. The summed E-state index contributed by atoms with van der Waals surface area (Å²) in [4.78, 5) is 10.4. The van der Waals surface area contributed by atoms with Crippen molar-refractivity contribution in [3.8, 4) is 0 Å². The molecule has 0 amide bonds. The van der Waals surface area contributed by atoms with Crippen LogP contribution in [0.2, 0.25) is 0 Å². The molecule has 23 heavy (non-hydrogen) atoms. The second-order valence-electron chi connectivity index (χ2n) is 6.49. The third-order valence-corrected chi connectivity index (χ3v) is 4.26. The van der Waals surface area contributed by atoms with Crippen LogP contribution in [0, 0.1) is 0 Å². The molecule has 140 valence electrons. The number of nitrogens with two attached hydrogens (primary N) is 1. The van der Waals surface area contributed by atoms with Gasteiger partial charge in [0.25, 0.3) is 0 Å². The van der Waals surface area contributed by atoms with Crippen molar-refractivity contribution >= 4 is 18.4 Å².